The largest absolute Gasteiger partial charge is 0.385 e. The zero-order valence-corrected chi connectivity index (χ0v) is 11.1. The van der Waals surface area contributed by atoms with Gasteiger partial charge in [0.25, 0.3) is 0 Å². The van der Waals surface area contributed by atoms with E-state index in [4.69, 9.17) is 5.73 Å². The fourth-order valence-electron chi connectivity index (χ4n) is 3.34. The molecule has 1 aromatic carbocycles. The van der Waals surface area contributed by atoms with Crippen LogP contribution in [0.5, 0.6) is 0 Å². The van der Waals surface area contributed by atoms with E-state index in [0.29, 0.717) is 6.04 Å². The molecule has 0 radical (unpaired) electrons. The maximum absolute atomic E-state index is 5.95. The number of fused-ring (bicyclic) bond motifs is 1. The maximum atomic E-state index is 5.95. The minimum absolute atomic E-state index is 0.459. The van der Waals surface area contributed by atoms with Gasteiger partial charge in [0, 0.05) is 18.3 Å². The average molecular weight is 244 g/mol. The lowest BCUT2D eigenvalue weighted by Crippen LogP contribution is -2.29. The third-order valence-corrected chi connectivity index (χ3v) is 4.58. The second-order valence-corrected chi connectivity index (χ2v) is 6.00. The summed E-state index contributed by atoms with van der Waals surface area (Å²) >= 11 is 0. The molecule has 0 aromatic heterocycles. The highest BCUT2D eigenvalue weighted by molar-refractivity contribution is 5.50. The van der Waals surface area contributed by atoms with E-state index in [1.165, 1.54) is 50.6 Å². The Balaban J connectivity index is 1.54. The summed E-state index contributed by atoms with van der Waals surface area (Å²) in [6, 6.07) is 7.37. The SMILES string of the molecule is NC1CCC(CNc2ccc3c(c2)CCC3)CC1. The van der Waals surface area contributed by atoms with E-state index in [2.05, 4.69) is 23.5 Å². The molecule has 0 heterocycles. The van der Waals surface area contributed by atoms with Crippen LogP contribution >= 0.6 is 0 Å². The van der Waals surface area contributed by atoms with E-state index < -0.39 is 0 Å². The molecule has 1 fully saturated rings. The van der Waals surface area contributed by atoms with Gasteiger partial charge in [0.2, 0.25) is 0 Å². The Morgan fingerprint density at radius 3 is 2.67 bits per heavy atom. The van der Waals surface area contributed by atoms with Gasteiger partial charge in [-0.25, -0.2) is 0 Å². The van der Waals surface area contributed by atoms with E-state index in [0.717, 1.165) is 12.5 Å². The number of nitrogens with two attached hydrogens (primary N) is 1. The van der Waals surface area contributed by atoms with Crippen molar-refractivity contribution in [3.63, 3.8) is 0 Å². The molecule has 18 heavy (non-hydrogen) atoms. The number of hydrogen-bond acceptors (Lipinski definition) is 2. The van der Waals surface area contributed by atoms with Crippen molar-refractivity contribution < 1.29 is 0 Å². The number of nitrogens with one attached hydrogen (secondary N) is 1. The van der Waals surface area contributed by atoms with E-state index in [9.17, 15) is 0 Å². The Morgan fingerprint density at radius 2 is 1.83 bits per heavy atom. The molecule has 0 spiro atoms. The number of benzene rings is 1. The highest BCUT2D eigenvalue weighted by atomic mass is 14.9. The first-order valence-electron chi connectivity index (χ1n) is 7.42. The number of aryl methyl sites for hydroxylation is 2. The van der Waals surface area contributed by atoms with E-state index in [1.807, 2.05) is 0 Å². The van der Waals surface area contributed by atoms with Crippen molar-refractivity contribution in [1.29, 1.82) is 0 Å². The van der Waals surface area contributed by atoms with Crippen molar-refractivity contribution in [1.82, 2.24) is 0 Å². The molecule has 1 aromatic rings. The van der Waals surface area contributed by atoms with Crippen molar-refractivity contribution in [2.45, 2.75) is 51.0 Å². The van der Waals surface area contributed by atoms with Crippen LogP contribution in [0.25, 0.3) is 0 Å². The molecule has 0 amide bonds. The highest BCUT2D eigenvalue weighted by Crippen LogP contribution is 2.26. The van der Waals surface area contributed by atoms with Gasteiger partial charge in [0.15, 0.2) is 0 Å². The maximum Gasteiger partial charge on any atom is 0.0343 e. The normalized spacial score (nSPS) is 26.9. The Kier molecular flexibility index (Phi) is 3.55. The molecule has 0 bridgehead atoms. The molecule has 2 heteroatoms. The Hall–Kier alpha value is -1.02. The molecule has 0 atom stereocenters. The fourth-order valence-corrected chi connectivity index (χ4v) is 3.34. The summed E-state index contributed by atoms with van der Waals surface area (Å²) < 4.78 is 0. The van der Waals surface area contributed by atoms with Crippen LogP contribution in [-0.2, 0) is 12.8 Å². The van der Waals surface area contributed by atoms with Crippen molar-refractivity contribution in [2.75, 3.05) is 11.9 Å². The van der Waals surface area contributed by atoms with Crippen LogP contribution in [0.1, 0.15) is 43.2 Å². The molecule has 3 N–H and O–H groups in total. The molecule has 0 unspecified atom stereocenters. The minimum Gasteiger partial charge on any atom is -0.385 e. The van der Waals surface area contributed by atoms with Crippen LogP contribution in [0.15, 0.2) is 18.2 Å². The quantitative estimate of drug-likeness (QED) is 0.857. The first-order valence-corrected chi connectivity index (χ1v) is 7.42. The van der Waals surface area contributed by atoms with Crippen LogP contribution in [0, 0.1) is 5.92 Å². The molecule has 3 rings (SSSR count). The van der Waals surface area contributed by atoms with Gasteiger partial charge in [0.1, 0.15) is 0 Å². The topological polar surface area (TPSA) is 38.0 Å². The first-order chi connectivity index (χ1) is 8.81. The van der Waals surface area contributed by atoms with Gasteiger partial charge < -0.3 is 11.1 Å². The fraction of sp³-hybridized carbons (Fsp3) is 0.625. The molecule has 2 aliphatic rings. The predicted octanol–water partition coefficient (Wildman–Crippen LogP) is 3.10. The third-order valence-electron chi connectivity index (χ3n) is 4.58. The molecular formula is C16H24N2. The number of hydrogen-bond donors (Lipinski definition) is 2. The second-order valence-electron chi connectivity index (χ2n) is 6.00. The van der Waals surface area contributed by atoms with Crippen LogP contribution in [0.3, 0.4) is 0 Å². The monoisotopic (exact) mass is 244 g/mol. The first kappa shape index (κ1) is 12.0. The van der Waals surface area contributed by atoms with Gasteiger partial charge in [-0.05, 0) is 74.1 Å². The summed E-state index contributed by atoms with van der Waals surface area (Å²) in [5.41, 5.74) is 10.4. The average Bonchev–Trinajstić information content (AvgIpc) is 2.85. The molecule has 2 aliphatic carbocycles. The van der Waals surface area contributed by atoms with E-state index in [1.54, 1.807) is 11.1 Å². The number of anilines is 1. The Morgan fingerprint density at radius 1 is 1.06 bits per heavy atom. The lowest BCUT2D eigenvalue weighted by Gasteiger charge is -2.26. The minimum atomic E-state index is 0.459. The smallest absolute Gasteiger partial charge is 0.0343 e. The lowest BCUT2D eigenvalue weighted by molar-refractivity contribution is 0.339. The molecule has 0 aliphatic heterocycles. The molecule has 98 valence electrons. The van der Waals surface area contributed by atoms with Crippen LogP contribution < -0.4 is 11.1 Å². The summed E-state index contributed by atoms with van der Waals surface area (Å²) in [6.07, 6.45) is 8.86. The summed E-state index contributed by atoms with van der Waals surface area (Å²) in [6.45, 7) is 1.12. The molecule has 0 saturated heterocycles. The van der Waals surface area contributed by atoms with E-state index in [-0.39, 0.29) is 0 Å². The van der Waals surface area contributed by atoms with Gasteiger partial charge in [-0.15, -0.1) is 0 Å². The Labute approximate surface area is 110 Å². The van der Waals surface area contributed by atoms with E-state index >= 15 is 0 Å². The van der Waals surface area contributed by atoms with Crippen LogP contribution in [-0.4, -0.2) is 12.6 Å². The second kappa shape index (κ2) is 5.31. The standard InChI is InChI=1S/C16H24N2/c17-15-7-4-12(5-8-15)11-18-16-9-6-13-2-1-3-14(13)10-16/h6,9-10,12,15,18H,1-5,7-8,11,17H2. The lowest BCUT2D eigenvalue weighted by atomic mass is 9.86. The summed E-state index contributed by atoms with van der Waals surface area (Å²) in [4.78, 5) is 0. The van der Waals surface area contributed by atoms with Gasteiger partial charge in [0.05, 0.1) is 0 Å². The van der Waals surface area contributed by atoms with Crippen LogP contribution in [0.4, 0.5) is 5.69 Å². The van der Waals surface area contributed by atoms with Crippen LogP contribution in [0.2, 0.25) is 0 Å². The third kappa shape index (κ3) is 2.69. The van der Waals surface area contributed by atoms with Gasteiger partial charge in [-0.2, -0.15) is 0 Å². The van der Waals surface area contributed by atoms with Crippen molar-refractivity contribution in [3.05, 3.63) is 29.3 Å². The van der Waals surface area contributed by atoms with Gasteiger partial charge >= 0.3 is 0 Å². The van der Waals surface area contributed by atoms with Crippen molar-refractivity contribution in [2.24, 2.45) is 11.7 Å². The highest BCUT2D eigenvalue weighted by Gasteiger charge is 2.18. The zero-order chi connectivity index (χ0) is 12.4. The molecule has 1 saturated carbocycles. The van der Waals surface area contributed by atoms with Crippen molar-refractivity contribution >= 4 is 5.69 Å². The van der Waals surface area contributed by atoms with Gasteiger partial charge in [-0.3, -0.25) is 0 Å². The molecular weight excluding hydrogens is 220 g/mol. The summed E-state index contributed by atoms with van der Waals surface area (Å²) in [5.74, 6) is 0.818. The number of rotatable bonds is 3. The van der Waals surface area contributed by atoms with Gasteiger partial charge in [-0.1, -0.05) is 6.07 Å². The molecule has 2 nitrogen and oxygen atoms in total. The predicted molar refractivity (Wildman–Crippen MR) is 76.9 cm³/mol. The summed E-state index contributed by atoms with van der Waals surface area (Å²) in [5, 5.41) is 3.62. The Bertz CT molecular complexity index is 406. The van der Waals surface area contributed by atoms with Crippen molar-refractivity contribution in [3.8, 4) is 0 Å². The summed E-state index contributed by atoms with van der Waals surface area (Å²) in [7, 11) is 0. The zero-order valence-electron chi connectivity index (χ0n) is 11.1.